The Morgan fingerprint density at radius 2 is 2.08 bits per heavy atom. The van der Waals surface area contributed by atoms with Gasteiger partial charge in [-0.25, -0.2) is 9.78 Å². The molecule has 2 aromatic rings. The molecule has 6 nitrogen and oxygen atoms in total. The molecule has 0 bridgehead atoms. The van der Waals surface area contributed by atoms with Crippen molar-refractivity contribution >= 4 is 17.4 Å². The monoisotopic (exact) mass is 347 g/mol. The fraction of sp³-hybridized carbons (Fsp3) is 0.588. The van der Waals surface area contributed by atoms with Gasteiger partial charge in [0, 0.05) is 22.7 Å². The molecule has 0 unspecified atom stereocenters. The van der Waals surface area contributed by atoms with Gasteiger partial charge in [-0.2, -0.15) is 5.10 Å². The standard InChI is InChI=1S/C17H25N5OS/c1-9-15(10(2)21-20-9)14-7-6-8-22(14)17(23)19-12(4)16-11(3)18-13(5)24-16/h12,14H,6-8H2,1-5H3,(H,19,23)(H,20,21)/t12-,14+/m1/s1. The van der Waals surface area contributed by atoms with Crippen molar-refractivity contribution in [3.8, 4) is 0 Å². The lowest BCUT2D eigenvalue weighted by Gasteiger charge is -2.27. The van der Waals surface area contributed by atoms with E-state index in [9.17, 15) is 4.79 Å². The molecule has 0 aliphatic carbocycles. The molecule has 2 aromatic heterocycles. The van der Waals surface area contributed by atoms with Gasteiger partial charge >= 0.3 is 6.03 Å². The third-order valence-corrected chi connectivity index (χ3v) is 5.96. The Labute approximate surface area is 146 Å². The number of carbonyl (C=O) groups is 1. The second-order valence-corrected chi connectivity index (χ2v) is 7.79. The Morgan fingerprint density at radius 3 is 2.67 bits per heavy atom. The topological polar surface area (TPSA) is 73.9 Å². The lowest BCUT2D eigenvalue weighted by Crippen LogP contribution is -2.40. The van der Waals surface area contributed by atoms with E-state index >= 15 is 0 Å². The summed E-state index contributed by atoms with van der Waals surface area (Å²) < 4.78 is 0. The number of urea groups is 1. The zero-order chi connectivity index (χ0) is 17.4. The quantitative estimate of drug-likeness (QED) is 0.889. The largest absolute Gasteiger partial charge is 0.331 e. The molecule has 3 heterocycles. The summed E-state index contributed by atoms with van der Waals surface area (Å²) in [6.07, 6.45) is 2.01. The number of amides is 2. The van der Waals surface area contributed by atoms with Gasteiger partial charge in [-0.1, -0.05) is 0 Å². The van der Waals surface area contributed by atoms with E-state index in [4.69, 9.17) is 0 Å². The number of nitrogens with zero attached hydrogens (tertiary/aromatic N) is 3. The first-order chi connectivity index (χ1) is 11.4. The third-order valence-electron chi connectivity index (χ3n) is 4.70. The van der Waals surface area contributed by atoms with Crippen molar-refractivity contribution in [3.05, 3.63) is 32.5 Å². The maximum atomic E-state index is 12.8. The maximum absolute atomic E-state index is 12.8. The van der Waals surface area contributed by atoms with Gasteiger partial charge in [-0.15, -0.1) is 11.3 Å². The summed E-state index contributed by atoms with van der Waals surface area (Å²) in [5.74, 6) is 0. The molecule has 2 N–H and O–H groups in total. The van der Waals surface area contributed by atoms with Crippen LogP contribution in [0.2, 0.25) is 0 Å². The molecule has 2 atom stereocenters. The summed E-state index contributed by atoms with van der Waals surface area (Å²) in [4.78, 5) is 20.4. The Morgan fingerprint density at radius 1 is 1.33 bits per heavy atom. The van der Waals surface area contributed by atoms with E-state index in [1.807, 2.05) is 39.5 Å². The Kier molecular flexibility index (Phi) is 4.62. The number of hydrogen-bond acceptors (Lipinski definition) is 4. The fourth-order valence-electron chi connectivity index (χ4n) is 3.64. The van der Waals surface area contributed by atoms with E-state index in [1.165, 1.54) is 5.56 Å². The van der Waals surface area contributed by atoms with Crippen LogP contribution < -0.4 is 5.32 Å². The van der Waals surface area contributed by atoms with E-state index in [0.717, 1.165) is 46.4 Å². The Balaban J connectivity index is 1.75. The third kappa shape index (κ3) is 3.05. The van der Waals surface area contributed by atoms with Crippen molar-refractivity contribution in [1.29, 1.82) is 0 Å². The zero-order valence-corrected chi connectivity index (χ0v) is 15.8. The van der Waals surface area contributed by atoms with Crippen LogP contribution in [0.15, 0.2) is 0 Å². The first-order valence-electron chi connectivity index (χ1n) is 8.41. The van der Waals surface area contributed by atoms with Crippen LogP contribution in [-0.2, 0) is 0 Å². The molecule has 7 heteroatoms. The summed E-state index contributed by atoms with van der Waals surface area (Å²) in [5.41, 5.74) is 4.21. The molecule has 0 saturated carbocycles. The highest BCUT2D eigenvalue weighted by atomic mass is 32.1. The van der Waals surface area contributed by atoms with Crippen molar-refractivity contribution in [2.24, 2.45) is 0 Å². The van der Waals surface area contributed by atoms with Crippen LogP contribution in [0.4, 0.5) is 4.79 Å². The minimum absolute atomic E-state index is 0.00421. The van der Waals surface area contributed by atoms with E-state index in [-0.39, 0.29) is 18.1 Å². The van der Waals surface area contributed by atoms with Crippen LogP contribution in [-0.4, -0.2) is 32.7 Å². The molecule has 0 spiro atoms. The average Bonchev–Trinajstić information content (AvgIpc) is 3.19. The zero-order valence-electron chi connectivity index (χ0n) is 14.9. The molecular formula is C17H25N5OS. The molecule has 1 aliphatic heterocycles. The van der Waals surface area contributed by atoms with E-state index in [2.05, 4.69) is 20.5 Å². The Hall–Kier alpha value is -1.89. The number of aryl methyl sites for hydroxylation is 4. The number of nitrogens with one attached hydrogen (secondary N) is 2. The molecular weight excluding hydrogens is 322 g/mol. The average molecular weight is 347 g/mol. The molecule has 130 valence electrons. The minimum Gasteiger partial charge on any atom is -0.331 e. The number of aromatic amines is 1. The summed E-state index contributed by atoms with van der Waals surface area (Å²) in [5, 5.41) is 11.5. The van der Waals surface area contributed by atoms with Crippen LogP contribution >= 0.6 is 11.3 Å². The normalized spacial score (nSPS) is 18.9. The number of carbonyl (C=O) groups excluding carboxylic acids is 1. The maximum Gasteiger partial charge on any atom is 0.318 e. The molecule has 24 heavy (non-hydrogen) atoms. The van der Waals surface area contributed by atoms with Crippen LogP contribution in [0, 0.1) is 27.7 Å². The lowest BCUT2D eigenvalue weighted by atomic mass is 10.0. The highest BCUT2D eigenvalue weighted by molar-refractivity contribution is 7.11. The van der Waals surface area contributed by atoms with Gasteiger partial charge in [0.2, 0.25) is 0 Å². The summed E-state index contributed by atoms with van der Waals surface area (Å²) in [6, 6.07) is 0.0761. The Bertz CT molecular complexity index is 731. The first-order valence-corrected chi connectivity index (χ1v) is 9.22. The smallest absolute Gasteiger partial charge is 0.318 e. The van der Waals surface area contributed by atoms with Crippen molar-refractivity contribution in [2.75, 3.05) is 6.54 Å². The van der Waals surface area contributed by atoms with Crippen molar-refractivity contribution in [3.63, 3.8) is 0 Å². The second kappa shape index (κ2) is 6.55. The number of aromatic nitrogens is 3. The van der Waals surface area contributed by atoms with Gasteiger partial charge in [0.1, 0.15) is 0 Å². The van der Waals surface area contributed by atoms with Crippen LogP contribution in [0.1, 0.15) is 64.4 Å². The number of thiazole rings is 1. The SMILES string of the molecule is Cc1nc(C)c([C@@H](C)NC(=O)N2CCC[C@H]2c2c(C)n[nH]c2C)s1. The first kappa shape index (κ1) is 17.0. The van der Waals surface area contributed by atoms with E-state index < -0.39 is 0 Å². The number of rotatable bonds is 3. The van der Waals surface area contributed by atoms with E-state index in [1.54, 1.807) is 11.3 Å². The van der Waals surface area contributed by atoms with Gasteiger partial charge in [-0.05, 0) is 47.5 Å². The predicted molar refractivity (Wildman–Crippen MR) is 95.3 cm³/mol. The predicted octanol–water partition coefficient (Wildman–Crippen LogP) is 3.71. The number of hydrogen-bond donors (Lipinski definition) is 2. The van der Waals surface area contributed by atoms with Gasteiger partial charge in [0.15, 0.2) is 0 Å². The lowest BCUT2D eigenvalue weighted by molar-refractivity contribution is 0.189. The van der Waals surface area contributed by atoms with Crippen LogP contribution in [0.25, 0.3) is 0 Å². The minimum atomic E-state index is -0.0310. The van der Waals surface area contributed by atoms with Gasteiger partial charge in [0.25, 0.3) is 0 Å². The van der Waals surface area contributed by atoms with Crippen LogP contribution in [0.5, 0.6) is 0 Å². The highest BCUT2D eigenvalue weighted by Crippen LogP contribution is 2.35. The molecule has 0 aromatic carbocycles. The van der Waals surface area contributed by atoms with Gasteiger partial charge in [-0.3, -0.25) is 5.10 Å². The molecule has 2 amide bonds. The molecule has 1 saturated heterocycles. The highest BCUT2D eigenvalue weighted by Gasteiger charge is 2.33. The van der Waals surface area contributed by atoms with Gasteiger partial charge < -0.3 is 10.2 Å². The molecule has 3 rings (SSSR count). The molecule has 1 fully saturated rings. The number of likely N-dealkylation sites (tertiary alicyclic amines) is 1. The summed E-state index contributed by atoms with van der Waals surface area (Å²) in [7, 11) is 0. The van der Waals surface area contributed by atoms with Crippen molar-refractivity contribution in [1.82, 2.24) is 25.4 Å². The van der Waals surface area contributed by atoms with Crippen molar-refractivity contribution in [2.45, 2.75) is 59.5 Å². The second-order valence-electron chi connectivity index (χ2n) is 6.55. The molecule has 0 radical (unpaired) electrons. The fourth-order valence-corrected chi connectivity index (χ4v) is 4.57. The van der Waals surface area contributed by atoms with Crippen molar-refractivity contribution < 1.29 is 4.79 Å². The van der Waals surface area contributed by atoms with Crippen LogP contribution in [0.3, 0.4) is 0 Å². The van der Waals surface area contributed by atoms with E-state index in [0.29, 0.717) is 0 Å². The summed E-state index contributed by atoms with van der Waals surface area (Å²) in [6.45, 7) is 10.8. The molecule has 1 aliphatic rings. The van der Waals surface area contributed by atoms with Gasteiger partial charge in [0.05, 0.1) is 28.5 Å². The summed E-state index contributed by atoms with van der Waals surface area (Å²) >= 11 is 1.65. The number of H-pyrrole nitrogens is 1.